The van der Waals surface area contributed by atoms with Crippen molar-refractivity contribution >= 4 is 29.1 Å². The average molecular weight is 453 g/mol. The number of benzene rings is 2. The number of nitrogens with zero attached hydrogens (tertiary/aromatic N) is 1. The standard InChI is InChI=1S/C22H23N5O6/c1-23-21(29)16-17(25-11-24-16)22(30)27-13-7-5-12(6-8-13)26-20(28)14-9-10-15(31-2)19(33-4)18(14)32-3/h5-11H,1-4H3,(H,23,29)(H,24,25)(H,26,28)(H,27,30). The van der Waals surface area contributed by atoms with Crippen LogP contribution in [0.5, 0.6) is 17.2 Å². The van der Waals surface area contributed by atoms with E-state index in [-0.39, 0.29) is 22.7 Å². The van der Waals surface area contributed by atoms with E-state index < -0.39 is 17.7 Å². The number of aromatic amines is 1. The number of aromatic nitrogens is 2. The van der Waals surface area contributed by atoms with E-state index in [9.17, 15) is 14.4 Å². The van der Waals surface area contributed by atoms with Crippen LogP contribution in [0.3, 0.4) is 0 Å². The minimum atomic E-state index is -0.554. The lowest BCUT2D eigenvalue weighted by Gasteiger charge is -2.15. The van der Waals surface area contributed by atoms with Gasteiger partial charge in [-0.3, -0.25) is 14.4 Å². The zero-order valence-electron chi connectivity index (χ0n) is 18.4. The smallest absolute Gasteiger partial charge is 0.276 e. The first-order valence-electron chi connectivity index (χ1n) is 9.70. The second kappa shape index (κ2) is 10.2. The van der Waals surface area contributed by atoms with E-state index in [2.05, 4.69) is 25.9 Å². The van der Waals surface area contributed by atoms with Crippen LogP contribution in [-0.2, 0) is 0 Å². The highest BCUT2D eigenvalue weighted by molar-refractivity contribution is 6.10. The summed E-state index contributed by atoms with van der Waals surface area (Å²) >= 11 is 0. The van der Waals surface area contributed by atoms with Crippen molar-refractivity contribution in [3.8, 4) is 17.2 Å². The number of anilines is 2. The average Bonchev–Trinajstić information content (AvgIpc) is 3.33. The summed E-state index contributed by atoms with van der Waals surface area (Å²) in [7, 11) is 5.83. The molecule has 1 aromatic heterocycles. The molecule has 0 aliphatic carbocycles. The van der Waals surface area contributed by atoms with Crippen molar-refractivity contribution < 1.29 is 28.6 Å². The van der Waals surface area contributed by atoms with Gasteiger partial charge in [-0.2, -0.15) is 0 Å². The van der Waals surface area contributed by atoms with E-state index >= 15 is 0 Å². The van der Waals surface area contributed by atoms with Crippen molar-refractivity contribution in [1.82, 2.24) is 15.3 Å². The number of hydrogen-bond acceptors (Lipinski definition) is 7. The van der Waals surface area contributed by atoms with E-state index in [0.29, 0.717) is 22.9 Å². The number of methoxy groups -OCH3 is 3. The number of hydrogen-bond donors (Lipinski definition) is 4. The van der Waals surface area contributed by atoms with Crippen molar-refractivity contribution in [2.75, 3.05) is 39.0 Å². The summed E-state index contributed by atoms with van der Waals surface area (Å²) in [5, 5.41) is 7.85. The van der Waals surface area contributed by atoms with E-state index in [1.807, 2.05) is 0 Å². The normalized spacial score (nSPS) is 10.2. The topological polar surface area (TPSA) is 144 Å². The van der Waals surface area contributed by atoms with E-state index in [0.717, 1.165) is 0 Å². The SMILES string of the molecule is CNC(=O)c1[nH]cnc1C(=O)Nc1ccc(NC(=O)c2ccc(OC)c(OC)c2OC)cc1. The minimum absolute atomic E-state index is 0.0349. The fourth-order valence-electron chi connectivity index (χ4n) is 3.07. The van der Waals surface area contributed by atoms with E-state index in [4.69, 9.17) is 14.2 Å². The Bertz CT molecular complexity index is 1170. The lowest BCUT2D eigenvalue weighted by atomic mass is 10.1. The zero-order chi connectivity index (χ0) is 24.0. The molecule has 0 aliphatic heterocycles. The maximum Gasteiger partial charge on any atom is 0.276 e. The summed E-state index contributed by atoms with van der Waals surface area (Å²) < 4.78 is 15.9. The van der Waals surface area contributed by atoms with Crippen LogP contribution >= 0.6 is 0 Å². The molecule has 3 rings (SSSR count). The molecule has 2 aromatic carbocycles. The molecular weight excluding hydrogens is 430 g/mol. The first-order chi connectivity index (χ1) is 15.9. The van der Waals surface area contributed by atoms with Crippen LogP contribution in [0.4, 0.5) is 11.4 Å². The molecule has 11 nitrogen and oxygen atoms in total. The molecule has 1 heterocycles. The summed E-state index contributed by atoms with van der Waals surface area (Å²) in [6, 6.07) is 9.61. The van der Waals surface area contributed by atoms with Gasteiger partial charge in [-0.05, 0) is 36.4 Å². The van der Waals surface area contributed by atoms with Crippen LogP contribution in [0.25, 0.3) is 0 Å². The zero-order valence-corrected chi connectivity index (χ0v) is 18.4. The Morgan fingerprint density at radius 1 is 0.788 bits per heavy atom. The van der Waals surface area contributed by atoms with Crippen LogP contribution in [0.1, 0.15) is 31.3 Å². The molecule has 0 fully saturated rings. The van der Waals surface area contributed by atoms with Crippen molar-refractivity contribution in [2.24, 2.45) is 0 Å². The van der Waals surface area contributed by atoms with Crippen LogP contribution in [0.15, 0.2) is 42.7 Å². The number of nitrogens with one attached hydrogen (secondary N) is 4. The van der Waals surface area contributed by atoms with Gasteiger partial charge < -0.3 is 35.1 Å². The lowest BCUT2D eigenvalue weighted by molar-refractivity contribution is 0.0943. The molecule has 0 aliphatic rings. The van der Waals surface area contributed by atoms with E-state index in [1.54, 1.807) is 36.4 Å². The second-order valence-corrected chi connectivity index (χ2v) is 6.57. The molecule has 0 radical (unpaired) electrons. The van der Waals surface area contributed by atoms with Gasteiger partial charge in [-0.1, -0.05) is 0 Å². The molecule has 172 valence electrons. The molecule has 11 heteroatoms. The highest BCUT2D eigenvalue weighted by atomic mass is 16.5. The fourth-order valence-corrected chi connectivity index (χ4v) is 3.07. The molecule has 4 N–H and O–H groups in total. The van der Waals surface area contributed by atoms with Gasteiger partial charge in [-0.15, -0.1) is 0 Å². The molecule has 3 amide bonds. The highest BCUT2D eigenvalue weighted by Crippen LogP contribution is 2.39. The molecule has 0 atom stereocenters. The fraction of sp³-hybridized carbons (Fsp3) is 0.182. The number of rotatable bonds is 8. The third-order valence-corrected chi connectivity index (χ3v) is 4.66. The Balaban J connectivity index is 1.73. The molecule has 0 saturated heterocycles. The summed E-state index contributed by atoms with van der Waals surface area (Å²) in [6.07, 6.45) is 1.26. The van der Waals surface area contributed by atoms with Crippen LogP contribution in [-0.4, -0.2) is 56.1 Å². The lowest BCUT2D eigenvalue weighted by Crippen LogP contribution is -2.23. The van der Waals surface area contributed by atoms with Gasteiger partial charge in [0.2, 0.25) is 5.75 Å². The Morgan fingerprint density at radius 2 is 1.39 bits per heavy atom. The summed E-state index contributed by atoms with van der Waals surface area (Å²) in [5.41, 5.74) is 1.22. The molecule has 0 spiro atoms. The van der Waals surface area contributed by atoms with Crippen molar-refractivity contribution in [2.45, 2.75) is 0 Å². The molecule has 33 heavy (non-hydrogen) atoms. The van der Waals surface area contributed by atoms with Crippen molar-refractivity contribution in [1.29, 1.82) is 0 Å². The molecule has 0 unspecified atom stereocenters. The van der Waals surface area contributed by atoms with E-state index in [1.165, 1.54) is 34.7 Å². The largest absolute Gasteiger partial charge is 0.493 e. The van der Waals surface area contributed by atoms with Gasteiger partial charge in [0.1, 0.15) is 5.69 Å². The quantitative estimate of drug-likeness (QED) is 0.410. The Labute approximate surface area is 189 Å². The molecule has 0 bridgehead atoms. The van der Waals surface area contributed by atoms with Gasteiger partial charge in [-0.25, -0.2) is 4.98 Å². The maximum atomic E-state index is 12.8. The Morgan fingerprint density at radius 3 is 1.94 bits per heavy atom. The number of H-pyrrole nitrogens is 1. The predicted molar refractivity (Wildman–Crippen MR) is 120 cm³/mol. The number of carbonyl (C=O) groups excluding carboxylic acids is 3. The van der Waals surface area contributed by atoms with Crippen molar-refractivity contribution in [3.63, 3.8) is 0 Å². The van der Waals surface area contributed by atoms with Gasteiger partial charge in [0.05, 0.1) is 33.2 Å². The molecular formula is C22H23N5O6. The second-order valence-electron chi connectivity index (χ2n) is 6.57. The number of amides is 3. The number of ether oxygens (including phenoxy) is 3. The first-order valence-corrected chi connectivity index (χ1v) is 9.70. The van der Waals surface area contributed by atoms with Gasteiger partial charge in [0.25, 0.3) is 17.7 Å². The Hall–Kier alpha value is -4.54. The number of carbonyl (C=O) groups is 3. The predicted octanol–water partition coefficient (Wildman–Crippen LogP) is 2.30. The summed E-state index contributed by atoms with van der Waals surface area (Å²) in [6.45, 7) is 0. The third kappa shape index (κ3) is 4.87. The summed E-state index contributed by atoms with van der Waals surface area (Å²) in [4.78, 5) is 43.6. The monoisotopic (exact) mass is 453 g/mol. The van der Waals surface area contributed by atoms with Crippen molar-refractivity contribution in [3.05, 3.63) is 59.7 Å². The molecule has 3 aromatic rings. The summed E-state index contributed by atoms with van der Waals surface area (Å²) in [5.74, 6) is -0.453. The minimum Gasteiger partial charge on any atom is -0.493 e. The van der Waals surface area contributed by atoms with Gasteiger partial charge >= 0.3 is 0 Å². The van der Waals surface area contributed by atoms with Crippen LogP contribution < -0.4 is 30.2 Å². The van der Waals surface area contributed by atoms with Crippen LogP contribution in [0.2, 0.25) is 0 Å². The first kappa shape index (κ1) is 23.1. The van der Waals surface area contributed by atoms with Gasteiger partial charge in [0, 0.05) is 18.4 Å². The third-order valence-electron chi connectivity index (χ3n) is 4.66. The maximum absolute atomic E-state index is 12.8. The van der Waals surface area contributed by atoms with Gasteiger partial charge in [0.15, 0.2) is 17.2 Å². The highest BCUT2D eigenvalue weighted by Gasteiger charge is 2.21. The van der Waals surface area contributed by atoms with Crippen LogP contribution in [0, 0.1) is 0 Å². The molecule has 0 saturated carbocycles. The number of imidazole rings is 1. The Kier molecular flexibility index (Phi) is 7.13.